The molecule has 102 valence electrons. The summed E-state index contributed by atoms with van der Waals surface area (Å²) >= 11 is 0. The van der Waals surface area contributed by atoms with Crippen molar-refractivity contribution in [1.82, 2.24) is 24.5 Å². The number of nitrogens with one attached hydrogen (secondary N) is 1. The van der Waals surface area contributed by atoms with Crippen molar-refractivity contribution in [3.63, 3.8) is 0 Å². The Morgan fingerprint density at radius 2 is 2.26 bits per heavy atom. The highest BCUT2D eigenvalue weighted by Crippen LogP contribution is 1.95. The fourth-order valence-electron chi connectivity index (χ4n) is 1.44. The van der Waals surface area contributed by atoms with E-state index in [0.717, 1.165) is 0 Å². The van der Waals surface area contributed by atoms with Gasteiger partial charge in [-0.3, -0.25) is 14.3 Å². The molecule has 9 heteroatoms. The predicted octanol–water partition coefficient (Wildman–Crippen LogP) is -1.86. The fourth-order valence-corrected chi connectivity index (χ4v) is 1.44. The summed E-state index contributed by atoms with van der Waals surface area (Å²) < 4.78 is 7.82. The number of aliphatic hydroxyl groups is 1. The van der Waals surface area contributed by atoms with Crippen LogP contribution in [0.5, 0.6) is 0 Å². The molecular formula is C10H13N5O4. The Labute approximate surface area is 107 Å². The highest BCUT2D eigenvalue weighted by atomic mass is 16.5. The largest absolute Gasteiger partial charge is 0.394 e. The lowest BCUT2D eigenvalue weighted by molar-refractivity contribution is 0.0409. The molecule has 0 saturated carbocycles. The first kappa shape index (κ1) is 13.2. The van der Waals surface area contributed by atoms with Crippen molar-refractivity contribution < 1.29 is 9.84 Å². The van der Waals surface area contributed by atoms with Gasteiger partial charge in [0.2, 0.25) is 0 Å². The summed E-state index contributed by atoms with van der Waals surface area (Å²) in [4.78, 5) is 24.5. The zero-order valence-electron chi connectivity index (χ0n) is 10.0. The van der Waals surface area contributed by atoms with E-state index in [4.69, 9.17) is 9.84 Å². The van der Waals surface area contributed by atoms with Crippen LogP contribution in [-0.2, 0) is 18.0 Å². The van der Waals surface area contributed by atoms with E-state index in [1.807, 2.05) is 0 Å². The molecule has 0 aromatic carbocycles. The molecule has 0 aliphatic carbocycles. The van der Waals surface area contributed by atoms with Crippen molar-refractivity contribution in [2.75, 3.05) is 13.2 Å². The van der Waals surface area contributed by atoms with Gasteiger partial charge in [-0.2, -0.15) is 0 Å². The number of aromatic amines is 1. The summed E-state index contributed by atoms with van der Waals surface area (Å²) in [6.45, 7) is 0.534. The second-order valence-electron chi connectivity index (χ2n) is 3.75. The molecular weight excluding hydrogens is 254 g/mol. The molecule has 0 fully saturated rings. The molecule has 0 aliphatic rings. The maximum Gasteiger partial charge on any atom is 0.328 e. The maximum atomic E-state index is 11.5. The van der Waals surface area contributed by atoms with Gasteiger partial charge < -0.3 is 9.84 Å². The number of hydrogen-bond acceptors (Lipinski definition) is 6. The summed E-state index contributed by atoms with van der Waals surface area (Å²) in [6.07, 6.45) is 3.01. The van der Waals surface area contributed by atoms with Crippen LogP contribution in [0.25, 0.3) is 0 Å². The lowest BCUT2D eigenvalue weighted by Crippen LogP contribution is -2.28. The van der Waals surface area contributed by atoms with Gasteiger partial charge in [0.1, 0.15) is 12.4 Å². The molecule has 0 radical (unpaired) electrons. The minimum atomic E-state index is -0.501. The van der Waals surface area contributed by atoms with Crippen LogP contribution in [0, 0.1) is 0 Å². The van der Waals surface area contributed by atoms with E-state index in [0.29, 0.717) is 5.69 Å². The molecule has 9 nitrogen and oxygen atoms in total. The van der Waals surface area contributed by atoms with Crippen LogP contribution in [0.4, 0.5) is 0 Å². The van der Waals surface area contributed by atoms with Crippen LogP contribution in [0.15, 0.2) is 28.0 Å². The highest BCUT2D eigenvalue weighted by Gasteiger charge is 2.03. The molecule has 2 rings (SSSR count). The Balaban J connectivity index is 2.03. The van der Waals surface area contributed by atoms with Crippen LogP contribution in [0.3, 0.4) is 0 Å². The maximum absolute atomic E-state index is 11.5. The number of rotatable bonds is 6. The van der Waals surface area contributed by atoms with Gasteiger partial charge in [-0.25, -0.2) is 9.48 Å². The summed E-state index contributed by atoms with van der Waals surface area (Å²) in [5.74, 6) is 0. The van der Waals surface area contributed by atoms with Crippen molar-refractivity contribution in [2.45, 2.75) is 13.3 Å². The Morgan fingerprint density at radius 1 is 1.42 bits per heavy atom. The topological polar surface area (TPSA) is 115 Å². The van der Waals surface area contributed by atoms with Crippen LogP contribution in [-0.4, -0.2) is 42.9 Å². The van der Waals surface area contributed by atoms with Gasteiger partial charge in [0.15, 0.2) is 0 Å². The molecule has 0 saturated heterocycles. The van der Waals surface area contributed by atoms with Crippen LogP contribution < -0.4 is 11.2 Å². The standard InChI is InChI=1S/C10H13N5O4/c16-3-4-19-7-15-6-8(12-13-15)5-14-2-1-9(17)11-10(14)18/h1-2,6,16H,3-5,7H2,(H,11,17,18). The van der Waals surface area contributed by atoms with E-state index >= 15 is 0 Å². The summed E-state index contributed by atoms with van der Waals surface area (Å²) in [5.41, 5.74) is -0.386. The monoisotopic (exact) mass is 267 g/mol. The number of aliphatic hydroxyl groups excluding tert-OH is 1. The number of H-pyrrole nitrogens is 1. The third kappa shape index (κ3) is 3.60. The van der Waals surface area contributed by atoms with Crippen molar-refractivity contribution in [1.29, 1.82) is 0 Å². The Hall–Kier alpha value is -2.26. The summed E-state index contributed by atoms with van der Waals surface area (Å²) in [7, 11) is 0. The number of ether oxygens (including phenoxy) is 1. The number of aromatic nitrogens is 5. The molecule has 0 aliphatic heterocycles. The van der Waals surface area contributed by atoms with E-state index in [2.05, 4.69) is 15.3 Å². The van der Waals surface area contributed by atoms with Gasteiger partial charge in [0.25, 0.3) is 5.56 Å². The third-order valence-electron chi connectivity index (χ3n) is 2.27. The lowest BCUT2D eigenvalue weighted by atomic mass is 10.4. The van der Waals surface area contributed by atoms with Gasteiger partial charge in [-0.1, -0.05) is 5.21 Å². The molecule has 2 N–H and O–H groups in total. The molecule has 2 aromatic heterocycles. The van der Waals surface area contributed by atoms with Gasteiger partial charge in [0.05, 0.1) is 26.0 Å². The van der Waals surface area contributed by atoms with Crippen molar-refractivity contribution in [2.24, 2.45) is 0 Å². The van der Waals surface area contributed by atoms with E-state index < -0.39 is 11.2 Å². The predicted molar refractivity (Wildman–Crippen MR) is 63.5 cm³/mol. The molecule has 19 heavy (non-hydrogen) atoms. The average molecular weight is 267 g/mol. The minimum absolute atomic E-state index is 0.0612. The van der Waals surface area contributed by atoms with Gasteiger partial charge >= 0.3 is 5.69 Å². The third-order valence-corrected chi connectivity index (χ3v) is 2.27. The average Bonchev–Trinajstić information content (AvgIpc) is 2.81. The molecule has 2 aromatic rings. The summed E-state index contributed by atoms with van der Waals surface area (Å²) in [6, 6.07) is 1.26. The van der Waals surface area contributed by atoms with Crippen LogP contribution >= 0.6 is 0 Å². The molecule has 0 unspecified atom stereocenters. The van der Waals surface area contributed by atoms with Crippen molar-refractivity contribution in [3.8, 4) is 0 Å². The molecule has 0 spiro atoms. The minimum Gasteiger partial charge on any atom is -0.394 e. The number of nitrogens with zero attached hydrogens (tertiary/aromatic N) is 4. The smallest absolute Gasteiger partial charge is 0.328 e. The van der Waals surface area contributed by atoms with Crippen LogP contribution in [0.2, 0.25) is 0 Å². The second kappa shape index (κ2) is 6.07. The van der Waals surface area contributed by atoms with E-state index in [1.165, 1.54) is 21.5 Å². The fraction of sp³-hybridized carbons (Fsp3) is 0.400. The molecule has 0 amide bonds. The highest BCUT2D eigenvalue weighted by molar-refractivity contribution is 4.95. The van der Waals surface area contributed by atoms with Gasteiger partial charge in [-0.15, -0.1) is 5.10 Å². The molecule has 2 heterocycles. The normalized spacial score (nSPS) is 10.8. The second-order valence-corrected chi connectivity index (χ2v) is 3.75. The zero-order chi connectivity index (χ0) is 13.7. The number of hydrogen-bond donors (Lipinski definition) is 2. The van der Waals surface area contributed by atoms with Crippen molar-refractivity contribution >= 4 is 0 Å². The Morgan fingerprint density at radius 3 is 3.00 bits per heavy atom. The SMILES string of the molecule is O=c1ccn(Cc2cn(COCCO)nn2)c(=O)[nH]1. The van der Waals surface area contributed by atoms with Gasteiger partial charge in [-0.05, 0) is 0 Å². The zero-order valence-corrected chi connectivity index (χ0v) is 10.0. The first-order valence-corrected chi connectivity index (χ1v) is 5.56. The first-order valence-electron chi connectivity index (χ1n) is 5.56. The summed E-state index contributed by atoms with van der Waals surface area (Å²) in [5, 5.41) is 16.2. The Bertz CT molecular complexity index is 644. The van der Waals surface area contributed by atoms with Crippen LogP contribution in [0.1, 0.15) is 5.69 Å². The van der Waals surface area contributed by atoms with Crippen molar-refractivity contribution in [3.05, 3.63) is 45.0 Å². The van der Waals surface area contributed by atoms with E-state index in [1.54, 1.807) is 6.20 Å². The first-order chi connectivity index (χ1) is 9.19. The molecule has 0 atom stereocenters. The quantitative estimate of drug-likeness (QED) is 0.593. The Kier molecular flexibility index (Phi) is 4.21. The van der Waals surface area contributed by atoms with Gasteiger partial charge in [0, 0.05) is 12.3 Å². The molecule has 0 bridgehead atoms. The van der Waals surface area contributed by atoms with E-state index in [9.17, 15) is 9.59 Å². The van der Waals surface area contributed by atoms with E-state index in [-0.39, 0.29) is 26.5 Å². The lowest BCUT2D eigenvalue weighted by Gasteiger charge is -2.01.